The van der Waals surface area contributed by atoms with Gasteiger partial charge in [-0.1, -0.05) is 0 Å². The molecule has 0 aromatic heterocycles. The highest BCUT2D eigenvalue weighted by Gasteiger charge is 2.53. The first-order chi connectivity index (χ1) is 16.5. The fourth-order valence-electron chi connectivity index (χ4n) is 1.49. The molecule has 0 N–H and O–H groups in total. The predicted octanol–water partition coefficient (Wildman–Crippen LogP) is -0.127. The third kappa shape index (κ3) is 11.7. The largest absolute Gasteiger partial charge is 1.20 e. The molecular weight excluding hydrogens is 570 g/mol. The van der Waals surface area contributed by atoms with E-state index >= 15 is 0 Å². The van der Waals surface area contributed by atoms with Crippen LogP contribution in [0, 0.1) is 0 Å². The van der Waals surface area contributed by atoms with Crippen molar-refractivity contribution in [2.45, 2.75) is 37.8 Å². The highest BCUT2D eigenvalue weighted by molar-refractivity contribution is 6.56. The van der Waals surface area contributed by atoms with Gasteiger partial charge in [0.15, 0.2) is 0 Å². The maximum absolute atomic E-state index is 12.2. The highest BCUT2D eigenvalue weighted by Crippen LogP contribution is 2.20. The number of carbonyl (C=O) groups is 9. The van der Waals surface area contributed by atoms with Gasteiger partial charge in [0.1, 0.15) is 0 Å². The minimum atomic E-state index is -5.65. The van der Waals surface area contributed by atoms with Gasteiger partial charge >= 0.3 is 51.6 Å². The van der Waals surface area contributed by atoms with E-state index in [1.807, 2.05) is 0 Å². The summed E-state index contributed by atoms with van der Waals surface area (Å²) in [6.45, 7) is 0. The molecule has 0 atom stereocenters. The molecule has 0 spiro atoms. The molecule has 0 rings (SSSR count). The lowest BCUT2D eigenvalue weighted by Gasteiger charge is -2.13. The van der Waals surface area contributed by atoms with Gasteiger partial charge in [-0.05, 0) is 0 Å². The number of alkyl halides is 9. The fourth-order valence-corrected chi connectivity index (χ4v) is 2.55. The third-order valence-corrected chi connectivity index (χ3v) is 4.42. The van der Waals surface area contributed by atoms with Gasteiger partial charge in [0, 0.05) is 0 Å². The van der Waals surface area contributed by atoms with Gasteiger partial charge in [-0.3, -0.25) is 28.8 Å². The second-order valence-electron chi connectivity index (χ2n) is 6.07. The van der Waals surface area contributed by atoms with E-state index in [0.29, 0.717) is 0 Å². The number of hydrogen-bond donors (Lipinski definition) is 0. The monoisotopic (exact) mass is 576 g/mol. The molecule has 0 saturated heterocycles. The van der Waals surface area contributed by atoms with Crippen LogP contribution in [0.2, 0.25) is 0 Å². The Morgan fingerprint density at radius 1 is 0.432 bits per heavy atom. The quantitative estimate of drug-likeness (QED) is 0.130. The Morgan fingerprint density at radius 2 is 0.622 bits per heavy atom. The molecule has 0 saturated carbocycles. The predicted molar refractivity (Wildman–Crippen MR) is 86.1 cm³/mol. The van der Waals surface area contributed by atoms with E-state index in [0.717, 1.165) is 0 Å². The average molecular weight is 576 g/mol. The molecule has 204 valence electrons. The summed E-state index contributed by atoms with van der Waals surface area (Å²) in [6.07, 6.45) is -23.7. The van der Waals surface area contributed by atoms with Crippen LogP contribution in [0.15, 0.2) is 0 Å². The summed E-state index contributed by atoms with van der Waals surface area (Å²) in [5, 5.41) is 0. The first kappa shape index (κ1) is 33.3. The van der Waals surface area contributed by atoms with Crippen LogP contribution in [0.1, 0.15) is 19.3 Å². The summed E-state index contributed by atoms with van der Waals surface area (Å²) in [4.78, 5) is 101. The van der Waals surface area contributed by atoms with Crippen LogP contribution in [-0.4, -0.2) is 86.3 Å². The number of ketones is 6. The van der Waals surface area contributed by atoms with Crippen molar-refractivity contribution >= 4 is 67.8 Å². The molecule has 37 heavy (non-hydrogen) atoms. The molecular formula is C15H6AlF9O12. The molecule has 12 nitrogen and oxygen atoms in total. The number of Topliss-reactive ketones (excluding diaryl/α,β-unsaturated/α-hetero) is 6. The summed E-state index contributed by atoms with van der Waals surface area (Å²) in [6, 6.07) is 0. The molecule has 0 aliphatic heterocycles. The molecule has 22 heteroatoms. The van der Waals surface area contributed by atoms with Gasteiger partial charge in [0.05, 0.1) is 19.3 Å². The Kier molecular flexibility index (Phi) is 11.3. The Hall–Kier alpha value is -3.67. The summed E-state index contributed by atoms with van der Waals surface area (Å²) >= 11 is -5.23. The Morgan fingerprint density at radius 3 is 0.784 bits per heavy atom. The van der Waals surface area contributed by atoms with Crippen molar-refractivity contribution in [3.63, 3.8) is 0 Å². The molecule has 0 aliphatic carbocycles. The maximum Gasteiger partial charge on any atom is 1.20 e. The number of hydrogen-bond acceptors (Lipinski definition) is 12. The van der Waals surface area contributed by atoms with Crippen LogP contribution in [0.3, 0.4) is 0 Å². The number of halogens is 9. The summed E-state index contributed by atoms with van der Waals surface area (Å²) in [5.41, 5.74) is 0. The van der Waals surface area contributed by atoms with Crippen molar-refractivity contribution in [3.05, 3.63) is 0 Å². The topological polar surface area (TPSA) is 181 Å². The minimum absolute atomic E-state index is 2.25. The summed E-state index contributed by atoms with van der Waals surface area (Å²) in [7, 11) is 0. The van der Waals surface area contributed by atoms with Crippen LogP contribution >= 0.6 is 0 Å². The minimum Gasteiger partial charge on any atom is -0.545 e. The van der Waals surface area contributed by atoms with Gasteiger partial charge in [0.25, 0.3) is 0 Å². The van der Waals surface area contributed by atoms with Crippen LogP contribution in [0.5, 0.6) is 0 Å². The van der Waals surface area contributed by atoms with Crippen molar-refractivity contribution in [3.8, 4) is 0 Å². The van der Waals surface area contributed by atoms with E-state index in [9.17, 15) is 82.7 Å². The van der Waals surface area contributed by atoms with Gasteiger partial charge in [0.2, 0.25) is 34.7 Å². The first-order valence-corrected chi connectivity index (χ1v) is 9.89. The zero-order valence-electron chi connectivity index (χ0n) is 17.0. The van der Waals surface area contributed by atoms with Crippen LogP contribution in [0.25, 0.3) is 0 Å². The molecule has 0 heterocycles. The van der Waals surface area contributed by atoms with Gasteiger partial charge in [-0.25, -0.2) is 14.4 Å². The lowest BCUT2D eigenvalue weighted by Crippen LogP contribution is -2.41. The first-order valence-electron chi connectivity index (χ1n) is 8.48. The van der Waals surface area contributed by atoms with Gasteiger partial charge in [-0.15, -0.1) is 0 Å². The van der Waals surface area contributed by atoms with E-state index < -0.39 is 106 Å². The van der Waals surface area contributed by atoms with Gasteiger partial charge < -0.3 is 11.4 Å². The maximum atomic E-state index is 12.2. The zero-order valence-corrected chi connectivity index (χ0v) is 18.2. The molecule has 0 aromatic carbocycles. The fraction of sp³-hybridized carbons (Fsp3) is 0.400. The van der Waals surface area contributed by atoms with Crippen LogP contribution in [-0.2, 0) is 54.5 Å². The summed E-state index contributed by atoms with van der Waals surface area (Å²) in [5.74, 6) is -23.3. The van der Waals surface area contributed by atoms with Crippen molar-refractivity contribution in [1.82, 2.24) is 0 Å². The lowest BCUT2D eigenvalue weighted by molar-refractivity contribution is -0.174. The Bertz CT molecular complexity index is 897. The van der Waals surface area contributed by atoms with E-state index in [4.69, 9.17) is 0 Å². The second-order valence-corrected chi connectivity index (χ2v) is 7.35. The number of rotatable bonds is 12. The van der Waals surface area contributed by atoms with Crippen molar-refractivity contribution in [2.24, 2.45) is 0 Å². The average Bonchev–Trinajstić information content (AvgIpc) is 2.70. The van der Waals surface area contributed by atoms with E-state index in [1.165, 1.54) is 0 Å². The molecule has 0 fully saturated rings. The van der Waals surface area contributed by atoms with Crippen molar-refractivity contribution in [1.29, 1.82) is 0 Å². The Labute approximate surface area is 200 Å². The SMILES string of the molecule is O=C(CC(=O)C(F)(F)F)C(=O)[O][Al]([O]C(=O)C(=O)CC(=O)C(F)(F)F)[O]C(=O)C(=O)CC(=O)C(F)(F)F. The molecule has 0 amide bonds. The van der Waals surface area contributed by atoms with Crippen LogP contribution < -0.4 is 0 Å². The Balaban J connectivity index is 5.66. The normalized spacial score (nSPS) is 11.6. The molecule has 0 bridgehead atoms. The van der Waals surface area contributed by atoms with E-state index in [-0.39, 0.29) is 0 Å². The standard InChI is InChI=1S/3C5H3F3O4.Al/c3*6-5(7,8)3(10)1-2(9)4(11)12;/h3*1H2,(H,11,12);/q;;;+3/p-3. The zero-order chi connectivity index (χ0) is 29.5. The smallest absolute Gasteiger partial charge is 0.545 e. The van der Waals surface area contributed by atoms with Gasteiger partial charge in [-0.2, -0.15) is 39.5 Å². The third-order valence-electron chi connectivity index (χ3n) is 3.20. The number of carbonyl (C=O) groups excluding carboxylic acids is 9. The van der Waals surface area contributed by atoms with Crippen LogP contribution in [0.4, 0.5) is 39.5 Å². The molecule has 0 unspecified atom stereocenters. The van der Waals surface area contributed by atoms with E-state index in [1.54, 1.807) is 0 Å². The molecule has 0 aromatic rings. The molecule has 0 aliphatic rings. The lowest BCUT2D eigenvalue weighted by atomic mass is 10.2. The van der Waals surface area contributed by atoms with Crippen molar-refractivity contribution < 1.29 is 94.0 Å². The second kappa shape index (κ2) is 12.5. The highest BCUT2D eigenvalue weighted by atomic mass is 27.3. The molecule has 0 radical (unpaired) electrons. The van der Waals surface area contributed by atoms with E-state index in [2.05, 4.69) is 11.4 Å². The summed E-state index contributed by atoms with van der Waals surface area (Å²) < 4.78 is 121. The van der Waals surface area contributed by atoms with Crippen molar-refractivity contribution in [2.75, 3.05) is 0 Å².